The van der Waals surface area contributed by atoms with Gasteiger partial charge in [0.05, 0.1) is 11.8 Å². The molecule has 1 aliphatic carbocycles. The van der Waals surface area contributed by atoms with Gasteiger partial charge < -0.3 is 10.2 Å². The van der Waals surface area contributed by atoms with Crippen LogP contribution in [0.1, 0.15) is 26.7 Å². The lowest BCUT2D eigenvalue weighted by Gasteiger charge is -2.34. The number of carboxylic acid groups (broad SMARTS) is 2. The maximum absolute atomic E-state index is 10.9. The molecule has 80 valence electrons. The fourth-order valence-electron chi connectivity index (χ4n) is 2.14. The van der Waals surface area contributed by atoms with E-state index in [1.807, 2.05) is 13.8 Å². The molecule has 4 nitrogen and oxygen atoms in total. The largest absolute Gasteiger partial charge is 0.481 e. The van der Waals surface area contributed by atoms with Crippen molar-refractivity contribution >= 4 is 11.9 Å². The Morgan fingerprint density at radius 3 is 1.43 bits per heavy atom. The van der Waals surface area contributed by atoms with Gasteiger partial charge >= 0.3 is 11.9 Å². The first-order valence-electron chi connectivity index (χ1n) is 4.89. The molecule has 0 amide bonds. The van der Waals surface area contributed by atoms with Crippen LogP contribution < -0.4 is 0 Å². The minimum atomic E-state index is -0.976. The normalized spacial score (nSPS) is 37.9. The smallest absolute Gasteiger partial charge is 0.307 e. The van der Waals surface area contributed by atoms with Crippen molar-refractivity contribution in [1.29, 1.82) is 0 Å². The van der Waals surface area contributed by atoms with Crippen LogP contribution in [0.2, 0.25) is 0 Å². The minimum Gasteiger partial charge on any atom is -0.481 e. The first kappa shape index (κ1) is 11.0. The molecule has 0 spiro atoms. The molecule has 4 heteroatoms. The van der Waals surface area contributed by atoms with Crippen molar-refractivity contribution in [2.45, 2.75) is 26.7 Å². The SMILES string of the molecule is C[C@@H]1C[C@@H](C(=O)O)[C@@H](C(=O)O)C[C@@H]1C. The molecule has 14 heavy (non-hydrogen) atoms. The lowest BCUT2D eigenvalue weighted by Crippen LogP contribution is -2.38. The molecule has 0 radical (unpaired) electrons. The standard InChI is InChI=1S/C10H16O4/c1-5-3-7(9(11)12)8(10(13)14)4-6(5)2/h5-8H,3-4H2,1-2H3,(H,11,12)(H,13,14)/t5-,6+,7-,8+. The Labute approximate surface area is 82.9 Å². The summed E-state index contributed by atoms with van der Waals surface area (Å²) in [5, 5.41) is 17.8. The topological polar surface area (TPSA) is 74.6 Å². The highest BCUT2D eigenvalue weighted by Gasteiger charge is 2.40. The third kappa shape index (κ3) is 2.05. The molecule has 0 aromatic heterocycles. The molecular weight excluding hydrogens is 184 g/mol. The van der Waals surface area contributed by atoms with Crippen molar-refractivity contribution < 1.29 is 19.8 Å². The summed E-state index contributed by atoms with van der Waals surface area (Å²) < 4.78 is 0. The Morgan fingerprint density at radius 1 is 0.929 bits per heavy atom. The second kappa shape index (κ2) is 3.98. The molecule has 1 aliphatic rings. The van der Waals surface area contributed by atoms with Gasteiger partial charge in [-0.05, 0) is 24.7 Å². The van der Waals surface area contributed by atoms with Gasteiger partial charge in [0.2, 0.25) is 0 Å². The van der Waals surface area contributed by atoms with Crippen molar-refractivity contribution in [3.8, 4) is 0 Å². The molecule has 0 aromatic carbocycles. The molecule has 0 bridgehead atoms. The zero-order valence-electron chi connectivity index (χ0n) is 8.43. The molecule has 0 saturated heterocycles. The van der Waals surface area contributed by atoms with E-state index in [1.165, 1.54) is 0 Å². The van der Waals surface area contributed by atoms with Crippen molar-refractivity contribution in [1.82, 2.24) is 0 Å². The Bertz CT molecular complexity index is 223. The molecule has 0 aliphatic heterocycles. The van der Waals surface area contributed by atoms with Crippen LogP contribution in [0.15, 0.2) is 0 Å². The van der Waals surface area contributed by atoms with E-state index in [-0.39, 0.29) is 0 Å². The molecule has 0 aromatic rings. The van der Waals surface area contributed by atoms with E-state index in [4.69, 9.17) is 10.2 Å². The highest BCUT2D eigenvalue weighted by molar-refractivity contribution is 5.80. The quantitative estimate of drug-likeness (QED) is 0.707. The average Bonchev–Trinajstić information content (AvgIpc) is 2.08. The summed E-state index contributed by atoms with van der Waals surface area (Å²) in [7, 11) is 0. The van der Waals surface area contributed by atoms with E-state index in [1.54, 1.807) is 0 Å². The van der Waals surface area contributed by atoms with Crippen molar-refractivity contribution in [3.63, 3.8) is 0 Å². The van der Waals surface area contributed by atoms with Gasteiger partial charge in [0.15, 0.2) is 0 Å². The number of carboxylic acids is 2. The maximum Gasteiger partial charge on any atom is 0.307 e. The fourth-order valence-corrected chi connectivity index (χ4v) is 2.14. The van der Waals surface area contributed by atoms with Crippen LogP contribution >= 0.6 is 0 Å². The minimum absolute atomic E-state index is 0.298. The summed E-state index contributed by atoms with van der Waals surface area (Å²) in [6.07, 6.45) is 0.959. The van der Waals surface area contributed by atoms with Gasteiger partial charge in [-0.15, -0.1) is 0 Å². The Kier molecular flexibility index (Phi) is 3.13. The predicted octanol–water partition coefficient (Wildman–Crippen LogP) is 1.45. The number of rotatable bonds is 2. The highest BCUT2D eigenvalue weighted by Crippen LogP contribution is 2.37. The second-order valence-corrected chi connectivity index (χ2v) is 4.32. The van der Waals surface area contributed by atoms with E-state index in [0.29, 0.717) is 24.7 Å². The molecular formula is C10H16O4. The van der Waals surface area contributed by atoms with E-state index in [9.17, 15) is 9.59 Å². The molecule has 2 N–H and O–H groups in total. The van der Waals surface area contributed by atoms with Crippen LogP contribution in [-0.4, -0.2) is 22.2 Å². The van der Waals surface area contributed by atoms with E-state index in [0.717, 1.165) is 0 Å². The molecule has 1 fully saturated rings. The van der Waals surface area contributed by atoms with Crippen LogP contribution in [0.4, 0.5) is 0 Å². The van der Waals surface area contributed by atoms with Crippen LogP contribution in [0.3, 0.4) is 0 Å². The Balaban J connectivity index is 2.80. The Morgan fingerprint density at radius 2 is 1.21 bits per heavy atom. The van der Waals surface area contributed by atoms with E-state index < -0.39 is 23.8 Å². The molecule has 0 unspecified atom stereocenters. The summed E-state index contributed by atoms with van der Waals surface area (Å²) in [5.74, 6) is -2.77. The third-order valence-electron chi connectivity index (χ3n) is 3.34. The van der Waals surface area contributed by atoms with Gasteiger partial charge in [0.1, 0.15) is 0 Å². The number of hydrogen-bond acceptors (Lipinski definition) is 2. The van der Waals surface area contributed by atoms with Crippen LogP contribution in [0.5, 0.6) is 0 Å². The van der Waals surface area contributed by atoms with Crippen LogP contribution in [-0.2, 0) is 9.59 Å². The van der Waals surface area contributed by atoms with Gasteiger partial charge in [-0.25, -0.2) is 0 Å². The predicted molar refractivity (Wildman–Crippen MR) is 49.8 cm³/mol. The third-order valence-corrected chi connectivity index (χ3v) is 3.34. The Hall–Kier alpha value is -1.06. The number of aliphatic carboxylic acids is 2. The van der Waals surface area contributed by atoms with Crippen LogP contribution in [0.25, 0.3) is 0 Å². The lowest BCUT2D eigenvalue weighted by atomic mass is 9.69. The lowest BCUT2D eigenvalue weighted by molar-refractivity contribution is -0.157. The second-order valence-electron chi connectivity index (χ2n) is 4.32. The molecule has 1 rings (SSSR count). The fraction of sp³-hybridized carbons (Fsp3) is 0.800. The van der Waals surface area contributed by atoms with Gasteiger partial charge in [0.25, 0.3) is 0 Å². The summed E-state index contributed by atoms with van der Waals surface area (Å²) in [6.45, 7) is 3.97. The van der Waals surface area contributed by atoms with E-state index >= 15 is 0 Å². The summed E-state index contributed by atoms with van der Waals surface area (Å²) in [5.41, 5.74) is 0. The number of carbonyl (C=O) groups is 2. The van der Waals surface area contributed by atoms with Gasteiger partial charge in [-0.1, -0.05) is 13.8 Å². The maximum atomic E-state index is 10.9. The summed E-state index contributed by atoms with van der Waals surface area (Å²) in [6, 6.07) is 0. The first-order valence-corrected chi connectivity index (χ1v) is 4.89. The zero-order chi connectivity index (χ0) is 10.9. The average molecular weight is 200 g/mol. The molecule has 0 heterocycles. The summed E-state index contributed by atoms with van der Waals surface area (Å²) in [4.78, 5) is 21.7. The zero-order valence-corrected chi connectivity index (χ0v) is 8.43. The first-order chi connectivity index (χ1) is 6.43. The summed E-state index contributed by atoms with van der Waals surface area (Å²) >= 11 is 0. The van der Waals surface area contributed by atoms with Gasteiger partial charge in [-0.2, -0.15) is 0 Å². The number of hydrogen-bond donors (Lipinski definition) is 2. The highest BCUT2D eigenvalue weighted by atomic mass is 16.4. The molecule has 4 atom stereocenters. The van der Waals surface area contributed by atoms with Gasteiger partial charge in [0, 0.05) is 0 Å². The van der Waals surface area contributed by atoms with E-state index in [2.05, 4.69) is 0 Å². The van der Waals surface area contributed by atoms with Crippen LogP contribution in [0, 0.1) is 23.7 Å². The monoisotopic (exact) mass is 200 g/mol. The van der Waals surface area contributed by atoms with Crippen molar-refractivity contribution in [2.75, 3.05) is 0 Å². The molecule has 1 saturated carbocycles. The van der Waals surface area contributed by atoms with Gasteiger partial charge in [-0.3, -0.25) is 9.59 Å². The van der Waals surface area contributed by atoms with Crippen molar-refractivity contribution in [2.24, 2.45) is 23.7 Å². The van der Waals surface area contributed by atoms with Crippen molar-refractivity contribution in [3.05, 3.63) is 0 Å².